The van der Waals surface area contributed by atoms with E-state index >= 15 is 0 Å². The van der Waals surface area contributed by atoms with Crippen LogP contribution in [0.25, 0.3) is 11.0 Å². The molecular weight excluding hydrogens is 286 g/mol. The Bertz CT molecular complexity index is 680. The van der Waals surface area contributed by atoms with Crippen molar-refractivity contribution in [2.45, 2.75) is 25.0 Å². The number of carbonyl (C=O) groups excluding carboxylic acids is 1. The van der Waals surface area contributed by atoms with Crippen LogP contribution in [-0.2, 0) is 0 Å². The standard InChI is InChI=1S/C16H19NO5/c1-21-13-4-2-3-9-6-14(22-15(9)13)16(20)17-11-5-10(8-18)12(19)7-11/h2-4,6,10-12,18-19H,5,7-8H2,1H3,(H,17,20)/t10-,11+,12-/m1/s1. The van der Waals surface area contributed by atoms with E-state index in [9.17, 15) is 9.90 Å². The van der Waals surface area contributed by atoms with E-state index in [-0.39, 0.29) is 30.2 Å². The number of aliphatic hydroxyl groups is 2. The molecule has 3 N–H and O–H groups in total. The van der Waals surface area contributed by atoms with Crippen molar-refractivity contribution in [1.29, 1.82) is 0 Å². The fraction of sp³-hybridized carbons (Fsp3) is 0.438. The van der Waals surface area contributed by atoms with Gasteiger partial charge in [-0.15, -0.1) is 0 Å². The fourth-order valence-corrected chi connectivity index (χ4v) is 2.98. The molecule has 1 fully saturated rings. The molecule has 0 radical (unpaired) electrons. The lowest BCUT2D eigenvalue weighted by molar-refractivity contribution is 0.0896. The van der Waals surface area contributed by atoms with E-state index in [0.717, 1.165) is 5.39 Å². The number of para-hydroxylation sites is 1. The molecule has 6 heteroatoms. The van der Waals surface area contributed by atoms with Gasteiger partial charge in [-0.05, 0) is 25.0 Å². The van der Waals surface area contributed by atoms with E-state index in [0.29, 0.717) is 24.2 Å². The first-order valence-corrected chi connectivity index (χ1v) is 7.28. The number of furan rings is 1. The average molecular weight is 305 g/mol. The molecule has 1 heterocycles. The highest BCUT2D eigenvalue weighted by atomic mass is 16.5. The number of aliphatic hydroxyl groups excluding tert-OH is 2. The van der Waals surface area contributed by atoms with E-state index in [2.05, 4.69) is 5.32 Å². The SMILES string of the molecule is COc1cccc2cc(C(=O)N[C@H]3C[C@H](CO)[C@H](O)C3)oc12. The van der Waals surface area contributed by atoms with Gasteiger partial charge in [-0.25, -0.2) is 0 Å². The first kappa shape index (κ1) is 14.9. The minimum absolute atomic E-state index is 0.0740. The monoisotopic (exact) mass is 305 g/mol. The third-order valence-electron chi connectivity index (χ3n) is 4.18. The second-order valence-corrected chi connectivity index (χ2v) is 5.64. The van der Waals surface area contributed by atoms with Gasteiger partial charge in [0.05, 0.1) is 13.2 Å². The van der Waals surface area contributed by atoms with E-state index in [1.165, 1.54) is 0 Å². The molecule has 0 saturated heterocycles. The number of nitrogens with one attached hydrogen (secondary N) is 1. The van der Waals surface area contributed by atoms with Gasteiger partial charge in [0.1, 0.15) is 0 Å². The number of hydrogen-bond acceptors (Lipinski definition) is 5. The average Bonchev–Trinajstić information content (AvgIpc) is 3.09. The Kier molecular flexibility index (Phi) is 4.04. The summed E-state index contributed by atoms with van der Waals surface area (Å²) in [5.41, 5.74) is 0.537. The summed E-state index contributed by atoms with van der Waals surface area (Å²) in [6.07, 6.45) is 0.430. The van der Waals surface area contributed by atoms with E-state index in [1.807, 2.05) is 12.1 Å². The number of benzene rings is 1. The number of amides is 1. The summed E-state index contributed by atoms with van der Waals surface area (Å²) in [6.45, 7) is -0.0740. The van der Waals surface area contributed by atoms with Crippen LogP contribution >= 0.6 is 0 Å². The molecule has 3 rings (SSSR count). The van der Waals surface area contributed by atoms with Crippen molar-refractivity contribution in [2.24, 2.45) is 5.92 Å². The summed E-state index contributed by atoms with van der Waals surface area (Å²) < 4.78 is 10.8. The van der Waals surface area contributed by atoms with Crippen molar-refractivity contribution in [3.63, 3.8) is 0 Å². The Balaban J connectivity index is 1.76. The van der Waals surface area contributed by atoms with E-state index in [1.54, 1.807) is 19.2 Å². The molecule has 1 amide bonds. The number of fused-ring (bicyclic) bond motifs is 1. The predicted octanol–water partition coefficient (Wildman–Crippen LogP) is 1.30. The number of methoxy groups -OCH3 is 1. The van der Waals surface area contributed by atoms with Gasteiger partial charge in [-0.3, -0.25) is 4.79 Å². The van der Waals surface area contributed by atoms with E-state index in [4.69, 9.17) is 14.3 Å². The summed E-state index contributed by atoms with van der Waals surface area (Å²) in [7, 11) is 1.55. The Morgan fingerprint density at radius 3 is 2.95 bits per heavy atom. The van der Waals surface area contributed by atoms with Gasteiger partial charge in [0, 0.05) is 24.0 Å². The zero-order valence-electron chi connectivity index (χ0n) is 12.3. The molecule has 6 nitrogen and oxygen atoms in total. The number of hydrogen-bond donors (Lipinski definition) is 3. The maximum atomic E-state index is 12.3. The van der Waals surface area contributed by atoms with E-state index < -0.39 is 6.10 Å². The molecule has 0 unspecified atom stereocenters. The van der Waals surface area contributed by atoms with Crippen molar-refractivity contribution in [3.05, 3.63) is 30.0 Å². The predicted molar refractivity (Wildman–Crippen MR) is 79.8 cm³/mol. The Hall–Kier alpha value is -2.05. The summed E-state index contributed by atoms with van der Waals surface area (Å²) in [4.78, 5) is 12.3. The molecule has 22 heavy (non-hydrogen) atoms. The van der Waals surface area contributed by atoms with Crippen molar-refractivity contribution in [1.82, 2.24) is 5.32 Å². The number of ether oxygens (including phenoxy) is 1. The van der Waals surface area contributed by atoms with Crippen LogP contribution in [0, 0.1) is 5.92 Å². The molecule has 2 aromatic rings. The third-order valence-corrected chi connectivity index (χ3v) is 4.18. The number of carbonyl (C=O) groups is 1. The highest BCUT2D eigenvalue weighted by Crippen LogP contribution is 2.29. The smallest absolute Gasteiger partial charge is 0.287 e. The Labute approximate surface area is 127 Å². The first-order chi connectivity index (χ1) is 10.6. The van der Waals surface area contributed by atoms with Crippen molar-refractivity contribution in [2.75, 3.05) is 13.7 Å². The molecule has 1 aliphatic rings. The minimum Gasteiger partial charge on any atom is -0.493 e. The van der Waals surface area contributed by atoms with Crippen LogP contribution in [0.1, 0.15) is 23.4 Å². The molecule has 1 saturated carbocycles. The lowest BCUT2D eigenvalue weighted by Crippen LogP contribution is -2.33. The van der Waals surface area contributed by atoms with Gasteiger partial charge in [-0.1, -0.05) is 12.1 Å². The fourth-order valence-electron chi connectivity index (χ4n) is 2.98. The Morgan fingerprint density at radius 2 is 2.27 bits per heavy atom. The van der Waals surface area contributed by atoms with Gasteiger partial charge in [0.2, 0.25) is 0 Å². The molecule has 3 atom stereocenters. The summed E-state index contributed by atoms with van der Waals surface area (Å²) in [5.74, 6) is 0.282. The highest BCUT2D eigenvalue weighted by molar-refractivity contribution is 5.97. The molecule has 0 bridgehead atoms. The van der Waals surface area contributed by atoms with Crippen molar-refractivity contribution in [3.8, 4) is 5.75 Å². The highest BCUT2D eigenvalue weighted by Gasteiger charge is 2.33. The zero-order chi connectivity index (χ0) is 15.7. The molecule has 1 aliphatic carbocycles. The Morgan fingerprint density at radius 1 is 1.45 bits per heavy atom. The first-order valence-electron chi connectivity index (χ1n) is 7.28. The molecule has 118 valence electrons. The van der Waals surface area contributed by atoms with Gasteiger partial charge < -0.3 is 24.7 Å². The number of rotatable bonds is 4. The van der Waals surface area contributed by atoms with Crippen LogP contribution in [0.15, 0.2) is 28.7 Å². The molecule has 1 aromatic heterocycles. The topological polar surface area (TPSA) is 91.9 Å². The van der Waals surface area contributed by atoms with Crippen LogP contribution in [0.3, 0.4) is 0 Å². The second kappa shape index (κ2) is 5.98. The van der Waals surface area contributed by atoms with Crippen molar-refractivity contribution < 1.29 is 24.2 Å². The maximum Gasteiger partial charge on any atom is 0.287 e. The van der Waals surface area contributed by atoms with Crippen LogP contribution in [0.5, 0.6) is 5.75 Å². The van der Waals surface area contributed by atoms with Gasteiger partial charge in [-0.2, -0.15) is 0 Å². The largest absolute Gasteiger partial charge is 0.493 e. The van der Waals surface area contributed by atoms with Crippen LogP contribution in [0.2, 0.25) is 0 Å². The molecule has 1 aromatic carbocycles. The summed E-state index contributed by atoms with van der Waals surface area (Å²) in [5, 5.41) is 22.6. The van der Waals surface area contributed by atoms with Crippen molar-refractivity contribution >= 4 is 16.9 Å². The summed E-state index contributed by atoms with van der Waals surface area (Å²) in [6, 6.07) is 6.96. The molecule has 0 aliphatic heterocycles. The lowest BCUT2D eigenvalue weighted by atomic mass is 10.1. The quantitative estimate of drug-likeness (QED) is 0.792. The van der Waals surface area contributed by atoms with Gasteiger partial charge >= 0.3 is 0 Å². The molecular formula is C16H19NO5. The van der Waals surface area contributed by atoms with Crippen LogP contribution in [-0.4, -0.2) is 42.0 Å². The maximum absolute atomic E-state index is 12.3. The zero-order valence-corrected chi connectivity index (χ0v) is 12.3. The summed E-state index contributed by atoms with van der Waals surface area (Å²) >= 11 is 0. The van der Waals surface area contributed by atoms with Gasteiger partial charge in [0.15, 0.2) is 17.1 Å². The van der Waals surface area contributed by atoms with Gasteiger partial charge in [0.25, 0.3) is 5.91 Å². The lowest BCUT2D eigenvalue weighted by Gasteiger charge is -2.10. The van der Waals surface area contributed by atoms with Crippen LogP contribution in [0.4, 0.5) is 0 Å². The minimum atomic E-state index is -0.578. The van der Waals surface area contributed by atoms with Crippen LogP contribution < -0.4 is 10.1 Å². The third kappa shape index (κ3) is 2.67. The second-order valence-electron chi connectivity index (χ2n) is 5.64. The normalized spacial score (nSPS) is 24.6. The molecule has 0 spiro atoms.